The van der Waals surface area contributed by atoms with Gasteiger partial charge in [-0.3, -0.25) is 0 Å². The third-order valence-electron chi connectivity index (χ3n) is 2.64. The molecule has 0 bridgehead atoms. The Morgan fingerprint density at radius 3 is 2.29 bits per heavy atom. The van der Waals surface area contributed by atoms with E-state index in [1.54, 1.807) is 0 Å². The van der Waals surface area contributed by atoms with E-state index < -0.39 is 0 Å². The standard InChI is InChI=1S/C15H25NO/c1-13-7-9-14(10-8-13)17-12-6-5-11-16-15(2,3)4/h7-10,16H,5-6,11-12H2,1-4H3/p+1. The molecule has 0 saturated carbocycles. The van der Waals surface area contributed by atoms with E-state index in [4.69, 9.17) is 4.74 Å². The second-order valence-electron chi connectivity index (χ2n) is 5.73. The van der Waals surface area contributed by atoms with Crippen LogP contribution in [0.4, 0.5) is 0 Å². The normalized spacial score (nSPS) is 11.5. The molecule has 96 valence electrons. The van der Waals surface area contributed by atoms with E-state index in [-0.39, 0.29) is 0 Å². The summed E-state index contributed by atoms with van der Waals surface area (Å²) in [5.74, 6) is 0.982. The van der Waals surface area contributed by atoms with E-state index in [9.17, 15) is 0 Å². The zero-order chi connectivity index (χ0) is 12.7. The molecular formula is C15H26NO+. The highest BCUT2D eigenvalue weighted by atomic mass is 16.5. The van der Waals surface area contributed by atoms with E-state index in [0.29, 0.717) is 5.54 Å². The average Bonchev–Trinajstić information content (AvgIpc) is 2.24. The monoisotopic (exact) mass is 236 g/mol. The fourth-order valence-corrected chi connectivity index (χ4v) is 1.61. The zero-order valence-corrected chi connectivity index (χ0v) is 11.6. The average molecular weight is 236 g/mol. The molecule has 1 rings (SSSR count). The van der Waals surface area contributed by atoms with Crippen LogP contribution in [0, 0.1) is 6.92 Å². The maximum absolute atomic E-state index is 5.68. The van der Waals surface area contributed by atoms with Crippen LogP contribution in [0.3, 0.4) is 0 Å². The summed E-state index contributed by atoms with van der Waals surface area (Å²) in [4.78, 5) is 0. The molecule has 0 amide bonds. The number of unbranched alkanes of at least 4 members (excludes halogenated alkanes) is 1. The number of nitrogens with two attached hydrogens (primary N) is 1. The molecule has 0 heterocycles. The van der Waals surface area contributed by atoms with Crippen molar-refractivity contribution in [2.75, 3.05) is 13.2 Å². The number of hydrogen-bond acceptors (Lipinski definition) is 1. The van der Waals surface area contributed by atoms with E-state index >= 15 is 0 Å². The molecule has 0 radical (unpaired) electrons. The minimum atomic E-state index is 0.345. The van der Waals surface area contributed by atoms with Gasteiger partial charge in [-0.05, 0) is 52.7 Å². The molecule has 0 atom stereocenters. The first-order valence-corrected chi connectivity index (χ1v) is 6.51. The van der Waals surface area contributed by atoms with Gasteiger partial charge in [0.15, 0.2) is 0 Å². The van der Waals surface area contributed by atoms with Gasteiger partial charge in [-0.2, -0.15) is 0 Å². The molecule has 0 unspecified atom stereocenters. The predicted octanol–water partition coefficient (Wildman–Crippen LogP) is 2.52. The minimum absolute atomic E-state index is 0.345. The number of rotatable bonds is 6. The van der Waals surface area contributed by atoms with Crippen molar-refractivity contribution in [2.24, 2.45) is 0 Å². The van der Waals surface area contributed by atoms with Crippen LogP contribution in [0.25, 0.3) is 0 Å². The van der Waals surface area contributed by atoms with E-state index in [2.05, 4.69) is 45.1 Å². The Morgan fingerprint density at radius 1 is 1.06 bits per heavy atom. The summed E-state index contributed by atoms with van der Waals surface area (Å²) in [5.41, 5.74) is 1.62. The van der Waals surface area contributed by atoms with Crippen LogP contribution in [0.2, 0.25) is 0 Å². The number of hydrogen-bond donors (Lipinski definition) is 1. The highest BCUT2D eigenvalue weighted by Gasteiger charge is 2.11. The van der Waals surface area contributed by atoms with Crippen LogP contribution in [-0.4, -0.2) is 18.7 Å². The summed E-state index contributed by atoms with van der Waals surface area (Å²) in [6.07, 6.45) is 2.34. The van der Waals surface area contributed by atoms with Crippen molar-refractivity contribution in [2.45, 2.75) is 46.1 Å². The minimum Gasteiger partial charge on any atom is -0.494 e. The van der Waals surface area contributed by atoms with Gasteiger partial charge < -0.3 is 10.1 Å². The Balaban J connectivity index is 2.07. The Labute approximate surface area is 105 Å². The van der Waals surface area contributed by atoms with Gasteiger partial charge >= 0.3 is 0 Å². The predicted molar refractivity (Wildman–Crippen MR) is 72.5 cm³/mol. The van der Waals surface area contributed by atoms with E-state index in [1.807, 2.05) is 12.1 Å². The van der Waals surface area contributed by atoms with Gasteiger partial charge in [-0.25, -0.2) is 0 Å². The van der Waals surface area contributed by atoms with Gasteiger partial charge in [0.1, 0.15) is 5.75 Å². The number of aryl methyl sites for hydroxylation is 1. The Kier molecular flexibility index (Phi) is 5.49. The molecule has 2 nitrogen and oxygen atoms in total. The first-order chi connectivity index (χ1) is 7.97. The molecule has 2 N–H and O–H groups in total. The molecule has 0 aromatic heterocycles. The van der Waals surface area contributed by atoms with Crippen LogP contribution < -0.4 is 10.1 Å². The van der Waals surface area contributed by atoms with Gasteiger partial charge in [0, 0.05) is 0 Å². The van der Waals surface area contributed by atoms with Crippen LogP contribution in [0.5, 0.6) is 5.75 Å². The first kappa shape index (κ1) is 14.0. The Morgan fingerprint density at radius 2 is 1.71 bits per heavy atom. The lowest BCUT2D eigenvalue weighted by Gasteiger charge is -2.16. The number of benzene rings is 1. The maximum Gasteiger partial charge on any atom is 0.119 e. The van der Waals surface area contributed by atoms with Crippen LogP contribution in [0.1, 0.15) is 39.2 Å². The van der Waals surface area contributed by atoms with E-state index in [0.717, 1.165) is 18.8 Å². The highest BCUT2D eigenvalue weighted by molar-refractivity contribution is 5.26. The van der Waals surface area contributed by atoms with Crippen molar-refractivity contribution in [3.8, 4) is 5.75 Å². The van der Waals surface area contributed by atoms with Gasteiger partial charge in [0.05, 0.1) is 18.7 Å². The smallest absolute Gasteiger partial charge is 0.119 e. The van der Waals surface area contributed by atoms with Crippen molar-refractivity contribution >= 4 is 0 Å². The first-order valence-electron chi connectivity index (χ1n) is 6.51. The molecule has 0 saturated heterocycles. The molecule has 1 aromatic rings. The molecule has 0 aliphatic rings. The molecule has 0 fully saturated rings. The zero-order valence-electron chi connectivity index (χ0n) is 11.6. The van der Waals surface area contributed by atoms with Gasteiger partial charge in [-0.15, -0.1) is 0 Å². The summed E-state index contributed by atoms with van der Waals surface area (Å²) in [6.45, 7) is 10.8. The van der Waals surface area contributed by atoms with Crippen molar-refractivity contribution in [1.82, 2.24) is 0 Å². The molecule has 0 spiro atoms. The number of quaternary nitrogens is 1. The summed E-state index contributed by atoms with van der Waals surface area (Å²) in [7, 11) is 0. The molecular weight excluding hydrogens is 210 g/mol. The third-order valence-corrected chi connectivity index (χ3v) is 2.64. The molecule has 1 aromatic carbocycles. The molecule has 0 aliphatic heterocycles. The molecule has 0 aliphatic carbocycles. The summed E-state index contributed by atoms with van der Waals surface area (Å²) < 4.78 is 5.68. The largest absolute Gasteiger partial charge is 0.494 e. The fraction of sp³-hybridized carbons (Fsp3) is 0.600. The number of ether oxygens (including phenoxy) is 1. The van der Waals surface area contributed by atoms with Gasteiger partial charge in [0.2, 0.25) is 0 Å². The summed E-state index contributed by atoms with van der Waals surface area (Å²) in [6, 6.07) is 8.25. The van der Waals surface area contributed by atoms with Crippen LogP contribution in [0.15, 0.2) is 24.3 Å². The van der Waals surface area contributed by atoms with Crippen LogP contribution in [-0.2, 0) is 0 Å². The molecule has 17 heavy (non-hydrogen) atoms. The summed E-state index contributed by atoms with van der Waals surface area (Å²) >= 11 is 0. The Hall–Kier alpha value is -1.02. The van der Waals surface area contributed by atoms with Gasteiger partial charge in [-0.1, -0.05) is 17.7 Å². The second-order valence-corrected chi connectivity index (χ2v) is 5.73. The molecule has 2 heteroatoms. The van der Waals surface area contributed by atoms with Crippen molar-refractivity contribution in [1.29, 1.82) is 0 Å². The maximum atomic E-state index is 5.68. The fourth-order valence-electron chi connectivity index (χ4n) is 1.61. The summed E-state index contributed by atoms with van der Waals surface area (Å²) in [5, 5.41) is 2.39. The van der Waals surface area contributed by atoms with Crippen molar-refractivity contribution in [3.05, 3.63) is 29.8 Å². The van der Waals surface area contributed by atoms with Crippen molar-refractivity contribution in [3.63, 3.8) is 0 Å². The van der Waals surface area contributed by atoms with Crippen molar-refractivity contribution < 1.29 is 10.1 Å². The lowest BCUT2D eigenvalue weighted by molar-refractivity contribution is -0.717. The third kappa shape index (κ3) is 7.01. The lowest BCUT2D eigenvalue weighted by atomic mass is 10.1. The SMILES string of the molecule is Cc1ccc(OCCCC[NH2+]C(C)(C)C)cc1. The Bertz CT molecular complexity index is 311. The van der Waals surface area contributed by atoms with Gasteiger partial charge in [0.25, 0.3) is 0 Å². The quantitative estimate of drug-likeness (QED) is 0.755. The second kappa shape index (κ2) is 6.65. The lowest BCUT2D eigenvalue weighted by Crippen LogP contribution is -2.94. The van der Waals surface area contributed by atoms with E-state index in [1.165, 1.54) is 18.5 Å². The highest BCUT2D eigenvalue weighted by Crippen LogP contribution is 2.11. The van der Waals surface area contributed by atoms with Crippen LogP contribution >= 0.6 is 0 Å². The topological polar surface area (TPSA) is 25.8 Å².